The first-order chi connectivity index (χ1) is 8.79. The van der Waals surface area contributed by atoms with Crippen molar-refractivity contribution < 1.29 is 5.11 Å². The second kappa shape index (κ2) is 6.91. The molecule has 0 amide bonds. The van der Waals surface area contributed by atoms with Gasteiger partial charge < -0.3 is 10.0 Å². The molecule has 0 aromatic heterocycles. The van der Waals surface area contributed by atoms with Crippen molar-refractivity contribution in [3.05, 3.63) is 35.4 Å². The summed E-state index contributed by atoms with van der Waals surface area (Å²) in [6.07, 6.45) is 5.18. The Labute approximate surface area is 111 Å². The zero-order valence-electron chi connectivity index (χ0n) is 11.4. The van der Waals surface area contributed by atoms with E-state index in [4.69, 9.17) is 0 Å². The van der Waals surface area contributed by atoms with Crippen LogP contribution >= 0.6 is 0 Å². The molecule has 1 aliphatic heterocycles. The molecule has 0 aliphatic carbocycles. The number of aliphatic hydroxyl groups excluding tert-OH is 1. The zero-order valence-corrected chi connectivity index (χ0v) is 11.4. The third-order valence-corrected chi connectivity index (χ3v) is 4.00. The van der Waals surface area contributed by atoms with E-state index in [2.05, 4.69) is 29.2 Å². The van der Waals surface area contributed by atoms with Gasteiger partial charge in [0.25, 0.3) is 0 Å². The van der Waals surface area contributed by atoms with Crippen LogP contribution in [0.4, 0.5) is 0 Å². The number of fused-ring (bicyclic) bond motifs is 1. The lowest BCUT2D eigenvalue weighted by Crippen LogP contribution is -2.28. The second-order valence-electron chi connectivity index (χ2n) is 5.31. The highest BCUT2D eigenvalue weighted by Gasteiger charge is 2.13. The number of hydrogen-bond donors (Lipinski definition) is 1. The quantitative estimate of drug-likeness (QED) is 0.864. The summed E-state index contributed by atoms with van der Waals surface area (Å²) in [6, 6.07) is 8.82. The molecular formula is C16H25NO. The number of aliphatic hydroxyl groups is 1. The summed E-state index contributed by atoms with van der Waals surface area (Å²) in [6.45, 7) is 5.51. The molecule has 1 aromatic rings. The molecule has 1 N–H and O–H groups in total. The predicted octanol–water partition coefficient (Wildman–Crippen LogP) is 2.64. The summed E-state index contributed by atoms with van der Waals surface area (Å²) < 4.78 is 0. The Morgan fingerprint density at radius 1 is 1.17 bits per heavy atom. The molecule has 0 saturated carbocycles. The molecule has 100 valence electrons. The van der Waals surface area contributed by atoms with Gasteiger partial charge in [0, 0.05) is 13.1 Å². The standard InChI is InChI=1S/C16H25NO/c1-2-16(18)8-5-11-17-12-9-14-6-3-4-7-15(14)10-13-17/h3-4,6-7,16,18H,2,5,8-13H2,1H3. The van der Waals surface area contributed by atoms with Crippen molar-refractivity contribution in [2.45, 2.75) is 45.1 Å². The third-order valence-electron chi connectivity index (χ3n) is 4.00. The highest BCUT2D eigenvalue weighted by Crippen LogP contribution is 2.16. The van der Waals surface area contributed by atoms with E-state index in [1.807, 2.05) is 6.92 Å². The Kier molecular flexibility index (Phi) is 5.21. The van der Waals surface area contributed by atoms with Crippen molar-refractivity contribution in [3.63, 3.8) is 0 Å². The lowest BCUT2D eigenvalue weighted by molar-refractivity contribution is 0.150. The summed E-state index contributed by atoms with van der Waals surface area (Å²) in [5.74, 6) is 0. The van der Waals surface area contributed by atoms with Gasteiger partial charge in [-0.2, -0.15) is 0 Å². The largest absolute Gasteiger partial charge is 0.393 e. The van der Waals surface area contributed by atoms with Crippen LogP contribution in [0.25, 0.3) is 0 Å². The zero-order chi connectivity index (χ0) is 12.8. The Morgan fingerprint density at radius 3 is 2.33 bits per heavy atom. The van der Waals surface area contributed by atoms with E-state index in [9.17, 15) is 5.11 Å². The first kappa shape index (κ1) is 13.6. The molecule has 1 aromatic carbocycles. The van der Waals surface area contributed by atoms with Gasteiger partial charge in [-0.25, -0.2) is 0 Å². The van der Waals surface area contributed by atoms with E-state index in [-0.39, 0.29) is 6.10 Å². The van der Waals surface area contributed by atoms with Gasteiger partial charge in [-0.15, -0.1) is 0 Å². The number of benzene rings is 1. The van der Waals surface area contributed by atoms with Gasteiger partial charge in [-0.1, -0.05) is 31.2 Å². The Balaban J connectivity index is 1.78. The molecule has 1 unspecified atom stereocenters. The van der Waals surface area contributed by atoms with Crippen LogP contribution in [-0.2, 0) is 12.8 Å². The van der Waals surface area contributed by atoms with Crippen LogP contribution in [0, 0.1) is 0 Å². The first-order valence-corrected chi connectivity index (χ1v) is 7.26. The van der Waals surface area contributed by atoms with E-state index in [0.29, 0.717) is 0 Å². The van der Waals surface area contributed by atoms with Gasteiger partial charge >= 0.3 is 0 Å². The van der Waals surface area contributed by atoms with E-state index in [1.54, 1.807) is 0 Å². The summed E-state index contributed by atoms with van der Waals surface area (Å²) in [5, 5.41) is 9.57. The van der Waals surface area contributed by atoms with E-state index >= 15 is 0 Å². The maximum atomic E-state index is 9.57. The monoisotopic (exact) mass is 247 g/mol. The van der Waals surface area contributed by atoms with Crippen molar-refractivity contribution in [3.8, 4) is 0 Å². The lowest BCUT2D eigenvalue weighted by Gasteiger charge is -2.20. The molecular weight excluding hydrogens is 222 g/mol. The van der Waals surface area contributed by atoms with Crippen LogP contribution in [-0.4, -0.2) is 35.7 Å². The van der Waals surface area contributed by atoms with E-state index in [1.165, 1.54) is 37.1 Å². The average Bonchev–Trinajstić information content (AvgIpc) is 2.61. The minimum absolute atomic E-state index is 0.103. The number of nitrogens with zero attached hydrogens (tertiary/aromatic N) is 1. The van der Waals surface area contributed by atoms with E-state index in [0.717, 1.165) is 25.8 Å². The molecule has 2 nitrogen and oxygen atoms in total. The van der Waals surface area contributed by atoms with Crippen LogP contribution in [0.2, 0.25) is 0 Å². The fourth-order valence-electron chi connectivity index (χ4n) is 2.69. The SMILES string of the molecule is CCC(O)CCCN1CCc2ccccc2CC1. The molecule has 1 atom stereocenters. The fourth-order valence-corrected chi connectivity index (χ4v) is 2.69. The van der Waals surface area contributed by atoms with Crippen molar-refractivity contribution in [2.75, 3.05) is 19.6 Å². The maximum absolute atomic E-state index is 9.57. The van der Waals surface area contributed by atoms with Crippen LogP contribution < -0.4 is 0 Å². The summed E-state index contributed by atoms with van der Waals surface area (Å²) in [7, 11) is 0. The van der Waals surface area contributed by atoms with Crippen LogP contribution in [0.1, 0.15) is 37.3 Å². The Morgan fingerprint density at radius 2 is 1.78 bits per heavy atom. The summed E-state index contributed by atoms with van der Waals surface area (Å²) >= 11 is 0. The minimum atomic E-state index is -0.103. The van der Waals surface area contributed by atoms with Crippen molar-refractivity contribution in [1.29, 1.82) is 0 Å². The van der Waals surface area contributed by atoms with Gasteiger partial charge in [-0.3, -0.25) is 0 Å². The fraction of sp³-hybridized carbons (Fsp3) is 0.625. The molecule has 1 aliphatic rings. The molecule has 1 heterocycles. The lowest BCUT2D eigenvalue weighted by atomic mass is 10.0. The number of hydrogen-bond acceptors (Lipinski definition) is 2. The molecule has 2 heteroatoms. The molecule has 0 fully saturated rings. The second-order valence-corrected chi connectivity index (χ2v) is 5.31. The van der Waals surface area contributed by atoms with Crippen molar-refractivity contribution >= 4 is 0 Å². The van der Waals surface area contributed by atoms with Crippen molar-refractivity contribution in [2.24, 2.45) is 0 Å². The molecule has 0 bridgehead atoms. The highest BCUT2D eigenvalue weighted by molar-refractivity contribution is 5.28. The molecule has 2 rings (SSSR count). The van der Waals surface area contributed by atoms with Crippen LogP contribution in [0.3, 0.4) is 0 Å². The average molecular weight is 247 g/mol. The predicted molar refractivity (Wildman–Crippen MR) is 75.8 cm³/mol. The van der Waals surface area contributed by atoms with Gasteiger partial charge in [0.15, 0.2) is 0 Å². The smallest absolute Gasteiger partial charge is 0.0538 e. The first-order valence-electron chi connectivity index (χ1n) is 7.26. The van der Waals surface area contributed by atoms with Gasteiger partial charge in [0.1, 0.15) is 0 Å². The Hall–Kier alpha value is -0.860. The third kappa shape index (κ3) is 3.82. The molecule has 0 radical (unpaired) electrons. The topological polar surface area (TPSA) is 23.5 Å². The van der Waals surface area contributed by atoms with Gasteiger partial charge in [0.05, 0.1) is 6.10 Å². The molecule has 18 heavy (non-hydrogen) atoms. The van der Waals surface area contributed by atoms with Gasteiger partial charge in [0.2, 0.25) is 0 Å². The molecule has 0 spiro atoms. The minimum Gasteiger partial charge on any atom is -0.393 e. The van der Waals surface area contributed by atoms with Crippen molar-refractivity contribution in [1.82, 2.24) is 4.90 Å². The van der Waals surface area contributed by atoms with Gasteiger partial charge in [-0.05, 0) is 49.8 Å². The highest BCUT2D eigenvalue weighted by atomic mass is 16.3. The maximum Gasteiger partial charge on any atom is 0.0538 e. The normalized spacial score (nSPS) is 18.1. The number of rotatable bonds is 5. The van der Waals surface area contributed by atoms with Crippen LogP contribution in [0.15, 0.2) is 24.3 Å². The Bertz CT molecular complexity index is 337. The summed E-state index contributed by atoms with van der Waals surface area (Å²) in [4.78, 5) is 2.54. The summed E-state index contributed by atoms with van der Waals surface area (Å²) in [5.41, 5.74) is 3.04. The van der Waals surface area contributed by atoms with Crippen LogP contribution in [0.5, 0.6) is 0 Å². The molecule has 0 saturated heterocycles. The van der Waals surface area contributed by atoms with E-state index < -0.39 is 0 Å².